The highest BCUT2D eigenvalue weighted by Gasteiger charge is 2.12. The Kier molecular flexibility index (Phi) is 5.64. The quantitative estimate of drug-likeness (QED) is 0.613. The van der Waals surface area contributed by atoms with Gasteiger partial charge in [-0.2, -0.15) is 5.10 Å². The molecular weight excluding hydrogens is 368 g/mol. The Morgan fingerprint density at radius 3 is 2.30 bits per heavy atom. The lowest BCUT2D eigenvalue weighted by Gasteiger charge is -2.12. The summed E-state index contributed by atoms with van der Waals surface area (Å²) in [7, 11) is 4.58. The van der Waals surface area contributed by atoms with Gasteiger partial charge in [0.25, 0.3) is 0 Å². The standard InChI is InChI=1S/C15H15BrN2O5/c1-20-9-6-12(21-2)10(13(7-9)22-3)8-17-18-15(19)11-4-5-14(16)23-11/h4-8H,1-3H3,(H,18,19). The van der Waals surface area contributed by atoms with Gasteiger partial charge in [-0.1, -0.05) is 0 Å². The Labute approximate surface area is 141 Å². The van der Waals surface area contributed by atoms with Crippen LogP contribution >= 0.6 is 15.9 Å². The third-order valence-corrected chi connectivity index (χ3v) is 3.34. The maximum Gasteiger partial charge on any atom is 0.307 e. The van der Waals surface area contributed by atoms with Crippen LogP contribution in [0.3, 0.4) is 0 Å². The molecule has 0 unspecified atom stereocenters. The van der Waals surface area contributed by atoms with Crippen LogP contribution in [0, 0.1) is 0 Å². The van der Waals surface area contributed by atoms with E-state index < -0.39 is 5.91 Å². The number of methoxy groups -OCH3 is 3. The molecule has 23 heavy (non-hydrogen) atoms. The molecule has 0 atom stereocenters. The van der Waals surface area contributed by atoms with Crippen LogP contribution in [0.4, 0.5) is 0 Å². The van der Waals surface area contributed by atoms with Crippen LogP contribution in [0.25, 0.3) is 0 Å². The van der Waals surface area contributed by atoms with Gasteiger partial charge in [0.2, 0.25) is 0 Å². The third-order valence-electron chi connectivity index (χ3n) is 2.91. The van der Waals surface area contributed by atoms with Crippen molar-refractivity contribution in [1.29, 1.82) is 0 Å². The SMILES string of the molecule is COc1cc(OC)c(C=NNC(=O)c2ccc(Br)o2)c(OC)c1. The van der Waals surface area contributed by atoms with Crippen LogP contribution in [-0.4, -0.2) is 33.5 Å². The summed E-state index contributed by atoms with van der Waals surface area (Å²) in [5.41, 5.74) is 2.93. The second-order valence-corrected chi connectivity index (χ2v) is 5.03. The topological polar surface area (TPSA) is 82.3 Å². The Hall–Kier alpha value is -2.48. The summed E-state index contributed by atoms with van der Waals surface area (Å²) in [5.74, 6) is 1.25. The van der Waals surface area contributed by atoms with Gasteiger partial charge < -0.3 is 18.6 Å². The van der Waals surface area contributed by atoms with Gasteiger partial charge in [-0.05, 0) is 28.1 Å². The zero-order chi connectivity index (χ0) is 16.8. The minimum absolute atomic E-state index is 0.141. The van der Waals surface area contributed by atoms with Crippen molar-refractivity contribution in [2.45, 2.75) is 0 Å². The molecular formula is C15H15BrN2O5. The number of amides is 1. The van der Waals surface area contributed by atoms with E-state index in [9.17, 15) is 4.79 Å². The molecule has 0 bridgehead atoms. The molecule has 122 valence electrons. The molecule has 1 aromatic carbocycles. The predicted molar refractivity (Wildman–Crippen MR) is 87.6 cm³/mol. The van der Waals surface area contributed by atoms with Crippen molar-refractivity contribution >= 4 is 28.1 Å². The van der Waals surface area contributed by atoms with Crippen LogP contribution in [0.15, 0.2) is 38.5 Å². The van der Waals surface area contributed by atoms with Crippen molar-refractivity contribution in [2.24, 2.45) is 5.10 Å². The zero-order valence-corrected chi connectivity index (χ0v) is 14.3. The van der Waals surface area contributed by atoms with E-state index in [1.807, 2.05) is 0 Å². The predicted octanol–water partition coefficient (Wildman–Crippen LogP) is 2.83. The fourth-order valence-corrected chi connectivity index (χ4v) is 2.11. The number of hydrogen-bond acceptors (Lipinski definition) is 6. The fourth-order valence-electron chi connectivity index (χ4n) is 1.81. The maximum atomic E-state index is 11.8. The highest BCUT2D eigenvalue weighted by atomic mass is 79.9. The van der Waals surface area contributed by atoms with Gasteiger partial charge in [0.05, 0.1) is 33.1 Å². The van der Waals surface area contributed by atoms with Crippen LogP contribution in [0.1, 0.15) is 16.1 Å². The second-order valence-electron chi connectivity index (χ2n) is 4.25. The molecule has 0 saturated carbocycles. The molecule has 0 aliphatic heterocycles. The molecule has 1 amide bonds. The average molecular weight is 383 g/mol. The lowest BCUT2D eigenvalue weighted by Crippen LogP contribution is -2.16. The number of carbonyl (C=O) groups is 1. The van der Waals surface area contributed by atoms with Gasteiger partial charge >= 0.3 is 5.91 Å². The highest BCUT2D eigenvalue weighted by Crippen LogP contribution is 2.32. The van der Waals surface area contributed by atoms with Gasteiger partial charge in [0.15, 0.2) is 10.4 Å². The minimum atomic E-state index is -0.474. The first-order chi connectivity index (χ1) is 11.1. The summed E-state index contributed by atoms with van der Waals surface area (Å²) < 4.78 is 21.3. The van der Waals surface area contributed by atoms with Crippen molar-refractivity contribution in [3.63, 3.8) is 0 Å². The summed E-state index contributed by atoms with van der Waals surface area (Å²) in [6, 6.07) is 6.53. The first kappa shape index (κ1) is 16.9. The van der Waals surface area contributed by atoms with E-state index in [0.717, 1.165) is 0 Å². The van der Waals surface area contributed by atoms with Crippen molar-refractivity contribution in [3.8, 4) is 17.2 Å². The van der Waals surface area contributed by atoms with E-state index >= 15 is 0 Å². The summed E-state index contributed by atoms with van der Waals surface area (Å²) in [4.78, 5) is 11.8. The van der Waals surface area contributed by atoms with Crippen LogP contribution in [0.2, 0.25) is 0 Å². The largest absolute Gasteiger partial charge is 0.496 e. The second kappa shape index (κ2) is 7.68. The summed E-state index contributed by atoms with van der Waals surface area (Å²) in [6.07, 6.45) is 1.42. The van der Waals surface area contributed by atoms with Crippen molar-refractivity contribution in [3.05, 3.63) is 40.3 Å². The number of benzene rings is 1. The molecule has 1 N–H and O–H groups in total. The third kappa shape index (κ3) is 4.04. The number of nitrogens with one attached hydrogen (secondary N) is 1. The number of hydrazone groups is 1. The number of carbonyl (C=O) groups excluding carboxylic acids is 1. The van der Waals surface area contributed by atoms with Crippen molar-refractivity contribution < 1.29 is 23.4 Å². The smallest absolute Gasteiger partial charge is 0.307 e. The number of ether oxygens (including phenoxy) is 3. The molecule has 7 nitrogen and oxygen atoms in total. The Morgan fingerprint density at radius 2 is 1.83 bits per heavy atom. The number of rotatable bonds is 6. The van der Waals surface area contributed by atoms with E-state index in [4.69, 9.17) is 18.6 Å². The van der Waals surface area contributed by atoms with Gasteiger partial charge in [-0.15, -0.1) is 0 Å². The molecule has 2 aromatic rings. The van der Waals surface area contributed by atoms with Gasteiger partial charge in [-0.3, -0.25) is 4.79 Å². The van der Waals surface area contributed by atoms with Crippen molar-refractivity contribution in [2.75, 3.05) is 21.3 Å². The monoisotopic (exact) mass is 382 g/mol. The first-order valence-corrected chi connectivity index (χ1v) is 7.27. The average Bonchev–Trinajstić information content (AvgIpc) is 3.01. The highest BCUT2D eigenvalue weighted by molar-refractivity contribution is 9.10. The number of halogens is 1. The molecule has 0 aliphatic carbocycles. The van der Waals surface area contributed by atoms with E-state index in [1.54, 1.807) is 25.3 Å². The molecule has 0 fully saturated rings. The summed E-state index contributed by atoms with van der Waals surface area (Å²) >= 11 is 3.13. The van der Waals surface area contributed by atoms with Crippen molar-refractivity contribution in [1.82, 2.24) is 5.43 Å². The van der Waals surface area contributed by atoms with Gasteiger partial charge in [0, 0.05) is 12.1 Å². The Bertz CT molecular complexity index is 701. The van der Waals surface area contributed by atoms with E-state index in [2.05, 4.69) is 26.5 Å². The molecule has 0 spiro atoms. The fraction of sp³-hybridized carbons (Fsp3) is 0.200. The van der Waals surface area contributed by atoms with Crippen LogP contribution < -0.4 is 19.6 Å². The van der Waals surface area contributed by atoms with Crippen LogP contribution in [-0.2, 0) is 0 Å². The number of furan rings is 1. The first-order valence-electron chi connectivity index (χ1n) is 6.47. The molecule has 0 saturated heterocycles. The van der Waals surface area contributed by atoms with Gasteiger partial charge in [-0.25, -0.2) is 5.43 Å². The van der Waals surface area contributed by atoms with Gasteiger partial charge in [0.1, 0.15) is 17.2 Å². The van der Waals surface area contributed by atoms with E-state index in [-0.39, 0.29) is 5.76 Å². The minimum Gasteiger partial charge on any atom is -0.496 e. The lowest BCUT2D eigenvalue weighted by atomic mass is 10.2. The normalized spacial score (nSPS) is 10.6. The van der Waals surface area contributed by atoms with Crippen LogP contribution in [0.5, 0.6) is 17.2 Å². The summed E-state index contributed by atoms with van der Waals surface area (Å²) in [6.45, 7) is 0. The maximum absolute atomic E-state index is 11.8. The number of nitrogens with zero attached hydrogens (tertiary/aromatic N) is 1. The molecule has 0 radical (unpaired) electrons. The molecule has 1 aromatic heterocycles. The molecule has 1 heterocycles. The molecule has 2 rings (SSSR count). The Balaban J connectivity index is 2.19. The molecule has 0 aliphatic rings. The van der Waals surface area contributed by atoms with E-state index in [0.29, 0.717) is 27.5 Å². The zero-order valence-electron chi connectivity index (χ0n) is 12.8. The molecule has 8 heteroatoms. The number of hydrogen-bond donors (Lipinski definition) is 1. The van der Waals surface area contributed by atoms with E-state index in [1.165, 1.54) is 26.5 Å². The summed E-state index contributed by atoms with van der Waals surface area (Å²) in [5, 5.41) is 3.90. The lowest BCUT2D eigenvalue weighted by molar-refractivity contribution is 0.0926. The Morgan fingerprint density at radius 1 is 1.17 bits per heavy atom.